The highest BCUT2D eigenvalue weighted by atomic mass is 16.5. The van der Waals surface area contributed by atoms with E-state index >= 15 is 0 Å². The molecular weight excluding hydrogens is 216 g/mol. The molecule has 0 bridgehead atoms. The van der Waals surface area contributed by atoms with Gasteiger partial charge in [0, 0.05) is 12.6 Å². The van der Waals surface area contributed by atoms with Crippen molar-refractivity contribution in [3.8, 4) is 0 Å². The topological polar surface area (TPSA) is 64.3 Å². The third-order valence-corrected chi connectivity index (χ3v) is 3.29. The van der Waals surface area contributed by atoms with Crippen molar-refractivity contribution in [3.63, 3.8) is 0 Å². The van der Waals surface area contributed by atoms with Crippen LogP contribution in [0.1, 0.15) is 45.4 Å². The summed E-state index contributed by atoms with van der Waals surface area (Å²) < 4.78 is 5.18. The van der Waals surface area contributed by atoms with Gasteiger partial charge >= 0.3 is 0 Å². The summed E-state index contributed by atoms with van der Waals surface area (Å²) >= 11 is 0. The Kier molecular flexibility index (Phi) is 7.21. The standard InChI is InChI=1S/C13H26N2O2/c1-2-3-4-5-6-7-8-15-13(16)11-9-17-10-12(11)14/h11-12H,2-10,14H2,1H3,(H,15,16). The van der Waals surface area contributed by atoms with Gasteiger partial charge in [-0.1, -0.05) is 39.0 Å². The molecule has 2 atom stereocenters. The lowest BCUT2D eigenvalue weighted by molar-refractivity contribution is -0.125. The molecule has 0 aromatic heterocycles. The number of rotatable bonds is 8. The van der Waals surface area contributed by atoms with Crippen LogP contribution in [-0.2, 0) is 9.53 Å². The van der Waals surface area contributed by atoms with Gasteiger partial charge in [-0.3, -0.25) is 4.79 Å². The van der Waals surface area contributed by atoms with E-state index in [4.69, 9.17) is 10.5 Å². The van der Waals surface area contributed by atoms with E-state index in [1.165, 1.54) is 32.1 Å². The smallest absolute Gasteiger partial charge is 0.227 e. The molecule has 1 amide bonds. The number of unbranched alkanes of at least 4 members (excludes halogenated alkanes) is 5. The quantitative estimate of drug-likeness (QED) is 0.633. The molecule has 2 unspecified atom stereocenters. The van der Waals surface area contributed by atoms with E-state index in [9.17, 15) is 4.79 Å². The number of nitrogens with one attached hydrogen (secondary N) is 1. The lowest BCUT2D eigenvalue weighted by atomic mass is 10.0. The van der Waals surface area contributed by atoms with Crippen molar-refractivity contribution in [3.05, 3.63) is 0 Å². The average Bonchev–Trinajstić information content (AvgIpc) is 2.74. The summed E-state index contributed by atoms with van der Waals surface area (Å²) in [6, 6.07) is -0.125. The highest BCUT2D eigenvalue weighted by Crippen LogP contribution is 2.11. The first-order chi connectivity index (χ1) is 8.25. The number of hydrogen-bond donors (Lipinski definition) is 2. The highest BCUT2D eigenvalue weighted by molar-refractivity contribution is 5.79. The molecular formula is C13H26N2O2. The van der Waals surface area contributed by atoms with Gasteiger partial charge in [0.1, 0.15) is 0 Å². The molecule has 4 nitrogen and oxygen atoms in total. The SMILES string of the molecule is CCCCCCCCNC(=O)C1COCC1N. The van der Waals surface area contributed by atoms with E-state index in [2.05, 4.69) is 12.2 Å². The minimum atomic E-state index is -0.143. The van der Waals surface area contributed by atoms with Crippen LogP contribution < -0.4 is 11.1 Å². The van der Waals surface area contributed by atoms with Crippen LogP contribution in [0.25, 0.3) is 0 Å². The maximum Gasteiger partial charge on any atom is 0.227 e. The van der Waals surface area contributed by atoms with E-state index in [0.717, 1.165) is 13.0 Å². The Morgan fingerprint density at radius 1 is 1.24 bits per heavy atom. The predicted molar refractivity (Wildman–Crippen MR) is 68.7 cm³/mol. The Labute approximate surface area is 104 Å². The molecule has 100 valence electrons. The Hall–Kier alpha value is -0.610. The van der Waals surface area contributed by atoms with Crippen LogP contribution in [0.2, 0.25) is 0 Å². The van der Waals surface area contributed by atoms with E-state index in [1.54, 1.807) is 0 Å². The normalized spacial score (nSPS) is 23.9. The molecule has 0 aliphatic carbocycles. The van der Waals surface area contributed by atoms with Crippen LogP contribution in [0.5, 0.6) is 0 Å². The van der Waals surface area contributed by atoms with Gasteiger partial charge in [-0.25, -0.2) is 0 Å². The maximum absolute atomic E-state index is 11.7. The second kappa shape index (κ2) is 8.48. The van der Waals surface area contributed by atoms with Gasteiger partial charge in [0.2, 0.25) is 5.91 Å². The van der Waals surface area contributed by atoms with Crippen molar-refractivity contribution < 1.29 is 9.53 Å². The third kappa shape index (κ3) is 5.50. The van der Waals surface area contributed by atoms with Gasteiger partial charge in [-0.2, -0.15) is 0 Å². The lowest BCUT2D eigenvalue weighted by Crippen LogP contribution is -2.41. The van der Waals surface area contributed by atoms with Crippen molar-refractivity contribution in [2.75, 3.05) is 19.8 Å². The van der Waals surface area contributed by atoms with Crippen LogP contribution in [-0.4, -0.2) is 31.7 Å². The monoisotopic (exact) mass is 242 g/mol. The average molecular weight is 242 g/mol. The minimum Gasteiger partial charge on any atom is -0.379 e. The fourth-order valence-electron chi connectivity index (χ4n) is 2.09. The van der Waals surface area contributed by atoms with Gasteiger partial charge in [0.15, 0.2) is 0 Å². The van der Waals surface area contributed by atoms with Gasteiger partial charge in [0.05, 0.1) is 19.1 Å². The molecule has 1 rings (SSSR count). The number of amides is 1. The Morgan fingerprint density at radius 2 is 1.94 bits per heavy atom. The van der Waals surface area contributed by atoms with Crippen molar-refractivity contribution >= 4 is 5.91 Å². The molecule has 1 heterocycles. The van der Waals surface area contributed by atoms with Gasteiger partial charge in [-0.15, -0.1) is 0 Å². The second-order valence-corrected chi connectivity index (χ2v) is 4.87. The van der Waals surface area contributed by atoms with Crippen molar-refractivity contribution in [2.45, 2.75) is 51.5 Å². The van der Waals surface area contributed by atoms with E-state index in [0.29, 0.717) is 13.2 Å². The number of carbonyl (C=O) groups is 1. The molecule has 0 spiro atoms. The fraction of sp³-hybridized carbons (Fsp3) is 0.923. The Balaban J connectivity index is 1.97. The van der Waals surface area contributed by atoms with Gasteiger partial charge < -0.3 is 15.8 Å². The van der Waals surface area contributed by atoms with E-state index in [-0.39, 0.29) is 17.9 Å². The molecule has 0 aromatic carbocycles. The summed E-state index contributed by atoms with van der Waals surface area (Å²) in [5.74, 6) is -0.0846. The number of ether oxygens (including phenoxy) is 1. The highest BCUT2D eigenvalue weighted by Gasteiger charge is 2.30. The third-order valence-electron chi connectivity index (χ3n) is 3.29. The van der Waals surface area contributed by atoms with Crippen LogP contribution in [0.4, 0.5) is 0 Å². The predicted octanol–water partition coefficient (Wildman–Crippen LogP) is 1.44. The van der Waals surface area contributed by atoms with Crippen molar-refractivity contribution in [2.24, 2.45) is 11.7 Å². The molecule has 4 heteroatoms. The molecule has 17 heavy (non-hydrogen) atoms. The second-order valence-electron chi connectivity index (χ2n) is 4.87. The van der Waals surface area contributed by atoms with E-state index < -0.39 is 0 Å². The summed E-state index contributed by atoms with van der Waals surface area (Å²) in [6.45, 7) is 3.97. The fourth-order valence-corrected chi connectivity index (χ4v) is 2.09. The van der Waals surface area contributed by atoms with Crippen molar-refractivity contribution in [1.82, 2.24) is 5.32 Å². The van der Waals surface area contributed by atoms with Gasteiger partial charge in [-0.05, 0) is 6.42 Å². The van der Waals surface area contributed by atoms with E-state index in [1.807, 2.05) is 0 Å². The number of carbonyl (C=O) groups excluding carboxylic acids is 1. The Bertz CT molecular complexity index is 221. The Morgan fingerprint density at radius 3 is 2.59 bits per heavy atom. The van der Waals surface area contributed by atoms with Crippen LogP contribution in [0.3, 0.4) is 0 Å². The van der Waals surface area contributed by atoms with Crippen molar-refractivity contribution in [1.29, 1.82) is 0 Å². The number of nitrogens with two attached hydrogens (primary N) is 1. The first-order valence-electron chi connectivity index (χ1n) is 6.86. The summed E-state index contributed by atoms with van der Waals surface area (Å²) in [7, 11) is 0. The zero-order chi connectivity index (χ0) is 12.5. The largest absolute Gasteiger partial charge is 0.379 e. The molecule has 0 aromatic rings. The molecule has 0 saturated carbocycles. The lowest BCUT2D eigenvalue weighted by Gasteiger charge is -2.13. The molecule has 1 saturated heterocycles. The summed E-state index contributed by atoms with van der Waals surface area (Å²) in [5.41, 5.74) is 5.78. The zero-order valence-electron chi connectivity index (χ0n) is 10.9. The molecule has 1 fully saturated rings. The maximum atomic E-state index is 11.7. The summed E-state index contributed by atoms with van der Waals surface area (Å²) in [6.07, 6.45) is 7.45. The summed E-state index contributed by atoms with van der Waals surface area (Å²) in [5, 5.41) is 2.95. The zero-order valence-corrected chi connectivity index (χ0v) is 10.9. The molecule has 1 aliphatic heterocycles. The van der Waals surface area contributed by atoms with Crippen LogP contribution in [0, 0.1) is 5.92 Å². The first kappa shape index (κ1) is 14.5. The summed E-state index contributed by atoms with van der Waals surface area (Å²) in [4.78, 5) is 11.7. The van der Waals surface area contributed by atoms with Crippen LogP contribution >= 0.6 is 0 Å². The molecule has 0 radical (unpaired) electrons. The minimum absolute atomic E-state index is 0.0589. The number of hydrogen-bond acceptors (Lipinski definition) is 3. The molecule has 1 aliphatic rings. The van der Waals surface area contributed by atoms with Gasteiger partial charge in [0.25, 0.3) is 0 Å². The first-order valence-corrected chi connectivity index (χ1v) is 6.86. The van der Waals surface area contributed by atoms with Crippen LogP contribution in [0.15, 0.2) is 0 Å². The molecule has 3 N–H and O–H groups in total.